The Bertz CT molecular complexity index is 718. The molecule has 22 heavy (non-hydrogen) atoms. The van der Waals surface area contributed by atoms with Crippen LogP contribution in [0.4, 0.5) is 15.9 Å². The van der Waals surface area contributed by atoms with Crippen molar-refractivity contribution in [1.29, 1.82) is 0 Å². The van der Waals surface area contributed by atoms with E-state index in [2.05, 4.69) is 15.0 Å². The van der Waals surface area contributed by atoms with Crippen molar-refractivity contribution in [1.82, 2.24) is 4.98 Å². The quantitative estimate of drug-likeness (QED) is 0.822. The molecular formula is C15H18FN3O2S. The maximum Gasteiger partial charge on any atom is 0.232 e. The van der Waals surface area contributed by atoms with Gasteiger partial charge >= 0.3 is 0 Å². The summed E-state index contributed by atoms with van der Waals surface area (Å²) in [5, 5.41) is 2.99. The fourth-order valence-corrected chi connectivity index (χ4v) is 3.01. The first kappa shape index (κ1) is 16.2. The van der Waals surface area contributed by atoms with Crippen LogP contribution in [-0.2, 0) is 16.6 Å². The van der Waals surface area contributed by atoms with Crippen LogP contribution in [-0.4, -0.2) is 19.2 Å². The number of rotatable bonds is 7. The highest BCUT2D eigenvalue weighted by Gasteiger charge is 2.08. The molecule has 0 unspecified atom stereocenters. The highest BCUT2D eigenvalue weighted by atomic mass is 32.2. The molecule has 0 aliphatic carbocycles. The van der Waals surface area contributed by atoms with Gasteiger partial charge in [0.1, 0.15) is 11.6 Å². The highest BCUT2D eigenvalue weighted by Crippen LogP contribution is 2.14. The van der Waals surface area contributed by atoms with Gasteiger partial charge in [-0.1, -0.05) is 25.1 Å². The summed E-state index contributed by atoms with van der Waals surface area (Å²) < 4.78 is 39.2. The van der Waals surface area contributed by atoms with Gasteiger partial charge in [0.25, 0.3) is 0 Å². The minimum absolute atomic E-state index is 0.0697. The van der Waals surface area contributed by atoms with E-state index in [1.165, 1.54) is 12.3 Å². The Balaban J connectivity index is 1.96. The number of anilines is 2. The predicted octanol–water partition coefficient (Wildman–Crippen LogP) is 2.98. The fourth-order valence-electron chi connectivity index (χ4n) is 1.89. The van der Waals surface area contributed by atoms with Crippen LogP contribution in [0.15, 0.2) is 42.6 Å². The fraction of sp³-hybridized carbons (Fsp3) is 0.267. The van der Waals surface area contributed by atoms with Crippen LogP contribution in [0.3, 0.4) is 0 Å². The molecule has 1 aromatic carbocycles. The lowest BCUT2D eigenvalue weighted by Gasteiger charge is -2.09. The van der Waals surface area contributed by atoms with Crippen molar-refractivity contribution in [2.24, 2.45) is 0 Å². The van der Waals surface area contributed by atoms with Gasteiger partial charge < -0.3 is 5.32 Å². The molecule has 1 aromatic heterocycles. The molecule has 0 radical (unpaired) electrons. The van der Waals surface area contributed by atoms with Gasteiger partial charge in [0.2, 0.25) is 10.0 Å². The van der Waals surface area contributed by atoms with E-state index in [0.717, 1.165) is 0 Å². The second-order valence-electron chi connectivity index (χ2n) is 4.80. The van der Waals surface area contributed by atoms with Gasteiger partial charge in [-0.25, -0.2) is 17.8 Å². The Morgan fingerprint density at radius 1 is 1.18 bits per heavy atom. The Kier molecular flexibility index (Phi) is 5.32. The van der Waals surface area contributed by atoms with Gasteiger partial charge in [-0.15, -0.1) is 0 Å². The van der Waals surface area contributed by atoms with Crippen molar-refractivity contribution < 1.29 is 12.8 Å². The number of halogens is 1. The van der Waals surface area contributed by atoms with Crippen LogP contribution in [0, 0.1) is 5.82 Å². The SMILES string of the molecule is CCCS(=O)(=O)Nc1ccc(NCc2ccccc2F)nc1. The number of benzene rings is 1. The monoisotopic (exact) mass is 323 g/mol. The first-order valence-electron chi connectivity index (χ1n) is 6.94. The molecule has 118 valence electrons. The third-order valence-corrected chi connectivity index (χ3v) is 4.42. The van der Waals surface area contributed by atoms with E-state index >= 15 is 0 Å². The first-order chi connectivity index (χ1) is 10.5. The van der Waals surface area contributed by atoms with Gasteiger partial charge in [-0.05, 0) is 24.6 Å². The number of sulfonamides is 1. The van der Waals surface area contributed by atoms with Crippen LogP contribution in [0.1, 0.15) is 18.9 Å². The second kappa shape index (κ2) is 7.22. The third kappa shape index (κ3) is 4.70. The van der Waals surface area contributed by atoms with Crippen molar-refractivity contribution in [3.05, 3.63) is 54.0 Å². The zero-order valence-electron chi connectivity index (χ0n) is 12.2. The summed E-state index contributed by atoms with van der Waals surface area (Å²) >= 11 is 0. The van der Waals surface area contributed by atoms with Crippen molar-refractivity contribution >= 4 is 21.5 Å². The van der Waals surface area contributed by atoms with Crippen molar-refractivity contribution in [2.75, 3.05) is 15.8 Å². The molecule has 0 fully saturated rings. The van der Waals surface area contributed by atoms with Gasteiger partial charge in [-0.3, -0.25) is 4.72 Å². The molecule has 0 bridgehead atoms. The Labute approximate surface area is 129 Å². The number of nitrogens with one attached hydrogen (secondary N) is 2. The molecule has 5 nitrogen and oxygen atoms in total. The molecule has 2 rings (SSSR count). The van der Waals surface area contributed by atoms with Gasteiger partial charge in [0, 0.05) is 12.1 Å². The van der Waals surface area contributed by atoms with Gasteiger partial charge in [0.05, 0.1) is 17.6 Å². The molecule has 0 saturated carbocycles. The maximum atomic E-state index is 13.5. The lowest BCUT2D eigenvalue weighted by molar-refractivity contribution is 0.600. The van der Waals surface area contributed by atoms with E-state index in [1.807, 2.05) is 0 Å². The average molecular weight is 323 g/mol. The van der Waals surface area contributed by atoms with E-state index in [0.29, 0.717) is 30.0 Å². The van der Waals surface area contributed by atoms with Gasteiger partial charge in [-0.2, -0.15) is 0 Å². The largest absolute Gasteiger partial charge is 0.366 e. The molecule has 0 amide bonds. The van der Waals surface area contributed by atoms with E-state index in [4.69, 9.17) is 0 Å². The predicted molar refractivity (Wildman–Crippen MR) is 85.7 cm³/mol. The van der Waals surface area contributed by atoms with Crippen LogP contribution >= 0.6 is 0 Å². The molecule has 0 spiro atoms. The molecule has 2 aromatic rings. The summed E-state index contributed by atoms with van der Waals surface area (Å²) in [6, 6.07) is 9.74. The molecule has 2 N–H and O–H groups in total. The van der Waals surface area contributed by atoms with E-state index < -0.39 is 10.0 Å². The number of nitrogens with zero attached hydrogens (tertiary/aromatic N) is 1. The van der Waals surface area contributed by atoms with E-state index in [1.54, 1.807) is 37.3 Å². The zero-order chi connectivity index (χ0) is 16.0. The Morgan fingerprint density at radius 2 is 1.95 bits per heavy atom. The average Bonchev–Trinajstić information content (AvgIpc) is 2.47. The van der Waals surface area contributed by atoms with Crippen molar-refractivity contribution in [3.8, 4) is 0 Å². The maximum absolute atomic E-state index is 13.5. The molecule has 0 aliphatic heterocycles. The molecule has 0 saturated heterocycles. The molecule has 7 heteroatoms. The summed E-state index contributed by atoms with van der Waals surface area (Å²) in [6.07, 6.45) is 1.97. The van der Waals surface area contributed by atoms with E-state index in [9.17, 15) is 12.8 Å². The minimum Gasteiger partial charge on any atom is -0.366 e. The molecule has 0 atom stereocenters. The smallest absolute Gasteiger partial charge is 0.232 e. The second-order valence-corrected chi connectivity index (χ2v) is 6.64. The van der Waals surface area contributed by atoms with Crippen molar-refractivity contribution in [2.45, 2.75) is 19.9 Å². The number of aromatic nitrogens is 1. The molecule has 1 heterocycles. The van der Waals surface area contributed by atoms with Gasteiger partial charge in [0.15, 0.2) is 0 Å². The first-order valence-corrected chi connectivity index (χ1v) is 8.59. The zero-order valence-corrected chi connectivity index (χ0v) is 13.0. The summed E-state index contributed by atoms with van der Waals surface area (Å²) in [6.45, 7) is 2.10. The van der Waals surface area contributed by atoms with Crippen molar-refractivity contribution in [3.63, 3.8) is 0 Å². The summed E-state index contributed by atoms with van der Waals surface area (Å²) in [4.78, 5) is 4.11. The lowest BCUT2D eigenvalue weighted by Crippen LogP contribution is -2.16. The van der Waals surface area contributed by atoms with Crippen LogP contribution in [0.5, 0.6) is 0 Å². The van der Waals surface area contributed by atoms with E-state index in [-0.39, 0.29) is 11.6 Å². The standard InChI is InChI=1S/C15H18FN3O2S/c1-2-9-22(20,21)19-13-7-8-15(18-11-13)17-10-12-5-3-4-6-14(12)16/h3-8,11,19H,2,9-10H2,1H3,(H,17,18). The van der Waals surface area contributed by atoms with Crippen LogP contribution in [0.25, 0.3) is 0 Å². The number of hydrogen-bond acceptors (Lipinski definition) is 4. The molecular weight excluding hydrogens is 305 g/mol. The summed E-state index contributed by atoms with van der Waals surface area (Å²) in [5.74, 6) is 0.334. The summed E-state index contributed by atoms with van der Waals surface area (Å²) in [7, 11) is -3.32. The normalized spacial score (nSPS) is 11.2. The third-order valence-electron chi connectivity index (χ3n) is 2.93. The Hall–Kier alpha value is -2.15. The van der Waals surface area contributed by atoms with Crippen LogP contribution in [0.2, 0.25) is 0 Å². The lowest BCUT2D eigenvalue weighted by atomic mass is 10.2. The van der Waals surface area contributed by atoms with Crippen LogP contribution < -0.4 is 10.0 Å². The highest BCUT2D eigenvalue weighted by molar-refractivity contribution is 7.92. The summed E-state index contributed by atoms with van der Waals surface area (Å²) in [5.41, 5.74) is 0.946. The topological polar surface area (TPSA) is 71.1 Å². The number of pyridine rings is 1. The molecule has 0 aliphatic rings. The number of hydrogen-bond donors (Lipinski definition) is 2. The minimum atomic E-state index is -3.32. The Morgan fingerprint density at radius 3 is 2.59 bits per heavy atom.